The van der Waals surface area contributed by atoms with E-state index in [2.05, 4.69) is 4.90 Å². The molecular formula is C15H28N2. The Labute approximate surface area is 106 Å². The van der Waals surface area contributed by atoms with Crippen LogP contribution < -0.4 is 5.73 Å². The van der Waals surface area contributed by atoms with Gasteiger partial charge in [-0.3, -0.25) is 4.90 Å². The fraction of sp³-hybridized carbons (Fsp3) is 1.00. The van der Waals surface area contributed by atoms with Gasteiger partial charge in [0.1, 0.15) is 0 Å². The number of nitrogens with zero attached hydrogens (tertiary/aromatic N) is 1. The zero-order chi connectivity index (χ0) is 11.7. The second-order valence-electron chi connectivity index (χ2n) is 6.60. The molecule has 3 fully saturated rings. The van der Waals surface area contributed by atoms with Crippen LogP contribution >= 0.6 is 0 Å². The van der Waals surface area contributed by atoms with Crippen molar-refractivity contribution in [1.29, 1.82) is 0 Å². The van der Waals surface area contributed by atoms with E-state index in [9.17, 15) is 0 Å². The lowest BCUT2D eigenvalue weighted by Crippen LogP contribution is -2.54. The smallest absolute Gasteiger partial charge is 0.0247 e. The number of likely N-dealkylation sites (tertiary alicyclic amines) is 1. The lowest BCUT2D eigenvalue weighted by Gasteiger charge is -2.47. The molecule has 17 heavy (non-hydrogen) atoms. The molecule has 1 heterocycles. The normalized spacial score (nSPS) is 44.3. The first-order chi connectivity index (χ1) is 8.34. The standard InChI is InChI=1S/C15H28N2/c16-14-7-3-4-8-15(14)17-10-9-12-5-1-2-6-13(12)11-17/h12-15H,1-11,16H2. The van der Waals surface area contributed by atoms with E-state index in [1.165, 1.54) is 70.9 Å². The SMILES string of the molecule is NC1CCCCC1N1CCC2CCCCC2C1. The second kappa shape index (κ2) is 5.27. The van der Waals surface area contributed by atoms with Crippen molar-refractivity contribution in [1.82, 2.24) is 4.90 Å². The maximum Gasteiger partial charge on any atom is 0.0247 e. The number of piperidine rings is 1. The topological polar surface area (TPSA) is 29.3 Å². The lowest BCUT2D eigenvalue weighted by molar-refractivity contribution is 0.0369. The molecule has 0 aromatic heterocycles. The third kappa shape index (κ3) is 2.53. The van der Waals surface area contributed by atoms with Crippen molar-refractivity contribution in [3.63, 3.8) is 0 Å². The van der Waals surface area contributed by atoms with E-state index in [0.717, 1.165) is 11.8 Å². The summed E-state index contributed by atoms with van der Waals surface area (Å²) in [5.41, 5.74) is 6.34. The van der Waals surface area contributed by atoms with Crippen LogP contribution in [-0.2, 0) is 0 Å². The van der Waals surface area contributed by atoms with Crippen molar-refractivity contribution in [3.8, 4) is 0 Å². The van der Waals surface area contributed by atoms with Gasteiger partial charge in [0.25, 0.3) is 0 Å². The fourth-order valence-corrected chi connectivity index (χ4v) is 4.52. The molecule has 2 saturated carbocycles. The monoisotopic (exact) mass is 236 g/mol. The Bertz CT molecular complexity index is 253. The van der Waals surface area contributed by atoms with E-state index in [1.807, 2.05) is 0 Å². The van der Waals surface area contributed by atoms with E-state index in [-0.39, 0.29) is 0 Å². The predicted octanol–water partition coefficient (Wildman–Crippen LogP) is 2.77. The van der Waals surface area contributed by atoms with Crippen molar-refractivity contribution < 1.29 is 0 Å². The van der Waals surface area contributed by atoms with Gasteiger partial charge < -0.3 is 5.73 Å². The second-order valence-corrected chi connectivity index (χ2v) is 6.60. The molecule has 2 N–H and O–H groups in total. The minimum absolute atomic E-state index is 0.462. The molecule has 1 aliphatic heterocycles. The van der Waals surface area contributed by atoms with Crippen molar-refractivity contribution in [3.05, 3.63) is 0 Å². The minimum Gasteiger partial charge on any atom is -0.326 e. The number of nitrogens with two attached hydrogens (primary N) is 1. The third-order valence-electron chi connectivity index (χ3n) is 5.57. The van der Waals surface area contributed by atoms with E-state index in [0.29, 0.717) is 12.1 Å². The molecule has 0 amide bonds. The van der Waals surface area contributed by atoms with Gasteiger partial charge >= 0.3 is 0 Å². The Morgan fingerprint density at radius 2 is 1.47 bits per heavy atom. The molecule has 98 valence electrons. The van der Waals surface area contributed by atoms with Gasteiger partial charge in [-0.15, -0.1) is 0 Å². The van der Waals surface area contributed by atoms with Crippen LogP contribution in [0.4, 0.5) is 0 Å². The van der Waals surface area contributed by atoms with Crippen LogP contribution in [0.5, 0.6) is 0 Å². The summed E-state index contributed by atoms with van der Waals surface area (Å²) in [5.74, 6) is 2.06. The lowest BCUT2D eigenvalue weighted by atomic mass is 9.74. The van der Waals surface area contributed by atoms with Crippen LogP contribution in [-0.4, -0.2) is 30.1 Å². The molecule has 1 saturated heterocycles. The molecule has 2 aliphatic carbocycles. The summed E-state index contributed by atoms with van der Waals surface area (Å²) in [7, 11) is 0. The average Bonchev–Trinajstić information content (AvgIpc) is 2.39. The first kappa shape index (κ1) is 12.0. The molecule has 0 bridgehead atoms. The first-order valence-corrected chi connectivity index (χ1v) is 7.84. The number of hydrogen-bond acceptors (Lipinski definition) is 2. The van der Waals surface area contributed by atoms with Gasteiger partial charge in [-0.1, -0.05) is 32.1 Å². The Morgan fingerprint density at radius 3 is 2.29 bits per heavy atom. The van der Waals surface area contributed by atoms with Gasteiger partial charge in [-0.05, 0) is 44.1 Å². The fourth-order valence-electron chi connectivity index (χ4n) is 4.52. The van der Waals surface area contributed by atoms with Crippen LogP contribution in [0.15, 0.2) is 0 Å². The van der Waals surface area contributed by atoms with E-state index in [1.54, 1.807) is 0 Å². The highest BCUT2D eigenvalue weighted by atomic mass is 15.2. The molecule has 2 heteroatoms. The average molecular weight is 236 g/mol. The quantitative estimate of drug-likeness (QED) is 0.758. The summed E-state index contributed by atoms with van der Waals surface area (Å²) in [6, 6.07) is 1.18. The van der Waals surface area contributed by atoms with Gasteiger partial charge in [0.2, 0.25) is 0 Å². The van der Waals surface area contributed by atoms with E-state index in [4.69, 9.17) is 5.73 Å². The maximum atomic E-state index is 6.34. The maximum absolute atomic E-state index is 6.34. The summed E-state index contributed by atoms with van der Waals surface area (Å²) in [6.07, 6.45) is 12.8. The highest BCUT2D eigenvalue weighted by molar-refractivity contribution is 4.91. The zero-order valence-corrected chi connectivity index (χ0v) is 11.1. The first-order valence-electron chi connectivity index (χ1n) is 7.84. The number of rotatable bonds is 1. The Balaban J connectivity index is 1.60. The summed E-state index contributed by atoms with van der Waals surface area (Å²) in [4.78, 5) is 2.76. The Kier molecular flexibility index (Phi) is 3.72. The zero-order valence-electron chi connectivity index (χ0n) is 11.1. The Morgan fingerprint density at radius 1 is 0.765 bits per heavy atom. The van der Waals surface area contributed by atoms with Crippen molar-refractivity contribution in [2.45, 2.75) is 69.9 Å². The predicted molar refractivity (Wildman–Crippen MR) is 71.9 cm³/mol. The molecule has 3 aliphatic rings. The molecule has 3 rings (SSSR count). The molecule has 0 aromatic carbocycles. The molecule has 0 radical (unpaired) electrons. The molecule has 4 atom stereocenters. The van der Waals surface area contributed by atoms with Crippen LogP contribution in [0, 0.1) is 11.8 Å². The largest absolute Gasteiger partial charge is 0.326 e. The van der Waals surface area contributed by atoms with Gasteiger partial charge in [0, 0.05) is 18.6 Å². The van der Waals surface area contributed by atoms with Gasteiger partial charge in [-0.25, -0.2) is 0 Å². The van der Waals surface area contributed by atoms with E-state index < -0.39 is 0 Å². The van der Waals surface area contributed by atoms with Gasteiger partial charge in [0.05, 0.1) is 0 Å². The number of fused-ring (bicyclic) bond motifs is 1. The molecule has 4 unspecified atom stereocenters. The minimum atomic E-state index is 0.462. The Hall–Kier alpha value is -0.0800. The molecule has 2 nitrogen and oxygen atoms in total. The highest BCUT2D eigenvalue weighted by Crippen LogP contribution is 2.37. The summed E-state index contributed by atoms with van der Waals surface area (Å²) < 4.78 is 0. The van der Waals surface area contributed by atoms with Crippen molar-refractivity contribution in [2.24, 2.45) is 17.6 Å². The summed E-state index contributed by atoms with van der Waals surface area (Å²) >= 11 is 0. The van der Waals surface area contributed by atoms with Crippen LogP contribution in [0.2, 0.25) is 0 Å². The van der Waals surface area contributed by atoms with Crippen molar-refractivity contribution >= 4 is 0 Å². The van der Waals surface area contributed by atoms with Crippen LogP contribution in [0.1, 0.15) is 57.8 Å². The molecule has 0 spiro atoms. The van der Waals surface area contributed by atoms with Gasteiger partial charge in [-0.2, -0.15) is 0 Å². The summed E-state index contributed by atoms with van der Waals surface area (Å²) in [5, 5.41) is 0. The van der Waals surface area contributed by atoms with Crippen molar-refractivity contribution in [2.75, 3.05) is 13.1 Å². The van der Waals surface area contributed by atoms with E-state index >= 15 is 0 Å². The molecule has 0 aromatic rings. The highest BCUT2D eigenvalue weighted by Gasteiger charge is 2.36. The number of hydrogen-bond donors (Lipinski definition) is 1. The molecular weight excluding hydrogens is 208 g/mol. The van der Waals surface area contributed by atoms with Gasteiger partial charge in [0.15, 0.2) is 0 Å². The van der Waals surface area contributed by atoms with Crippen LogP contribution in [0.3, 0.4) is 0 Å². The third-order valence-corrected chi connectivity index (χ3v) is 5.57. The summed E-state index contributed by atoms with van der Waals surface area (Å²) in [6.45, 7) is 2.70. The van der Waals surface area contributed by atoms with Crippen LogP contribution in [0.25, 0.3) is 0 Å².